The van der Waals surface area contributed by atoms with E-state index >= 15 is 0 Å². The molecule has 8 heteroatoms. The summed E-state index contributed by atoms with van der Waals surface area (Å²) in [4.78, 5) is 36.7. The molecule has 0 saturated carbocycles. The van der Waals surface area contributed by atoms with Crippen molar-refractivity contribution in [1.29, 1.82) is 0 Å². The molecule has 0 aliphatic rings. The van der Waals surface area contributed by atoms with Gasteiger partial charge in [-0.05, 0) is 44.5 Å². The van der Waals surface area contributed by atoms with Gasteiger partial charge in [-0.2, -0.15) is 0 Å². The topological polar surface area (TPSA) is 72.5 Å². The number of thiophene rings is 1. The molecule has 1 aromatic heterocycles. The number of esters is 1. The number of nitrogens with one attached hydrogen (secondary N) is 1. The Labute approximate surface area is 170 Å². The SMILES string of the molecule is CCOC(=O)c1c(NC(=O)/C=C/c2c(Cl)cccc2Cl)sc(C(C)=O)c1C. The predicted octanol–water partition coefficient (Wildman–Crippen LogP) is 5.39. The molecule has 0 saturated heterocycles. The van der Waals surface area contributed by atoms with Crippen molar-refractivity contribution in [1.82, 2.24) is 0 Å². The molecule has 0 fully saturated rings. The van der Waals surface area contributed by atoms with Crippen LogP contribution in [0.25, 0.3) is 6.08 Å². The highest BCUT2D eigenvalue weighted by molar-refractivity contribution is 7.18. The molecule has 1 heterocycles. The van der Waals surface area contributed by atoms with E-state index in [2.05, 4.69) is 5.32 Å². The van der Waals surface area contributed by atoms with Crippen molar-refractivity contribution in [3.8, 4) is 0 Å². The van der Waals surface area contributed by atoms with Crippen molar-refractivity contribution in [2.24, 2.45) is 0 Å². The summed E-state index contributed by atoms with van der Waals surface area (Å²) in [6.07, 6.45) is 2.74. The quantitative estimate of drug-likeness (QED) is 0.382. The molecule has 0 spiro atoms. The van der Waals surface area contributed by atoms with E-state index in [0.29, 0.717) is 26.0 Å². The first-order valence-electron chi connectivity index (χ1n) is 8.00. The van der Waals surface area contributed by atoms with Gasteiger partial charge in [-0.25, -0.2) is 4.79 Å². The Hall–Kier alpha value is -2.15. The molecule has 1 aromatic carbocycles. The van der Waals surface area contributed by atoms with E-state index < -0.39 is 11.9 Å². The minimum Gasteiger partial charge on any atom is -0.462 e. The van der Waals surface area contributed by atoms with Crippen LogP contribution in [-0.4, -0.2) is 24.3 Å². The number of amides is 1. The smallest absolute Gasteiger partial charge is 0.341 e. The molecule has 5 nitrogen and oxygen atoms in total. The lowest BCUT2D eigenvalue weighted by molar-refractivity contribution is -0.111. The second-order valence-corrected chi connectivity index (χ2v) is 7.33. The molecule has 2 rings (SSSR count). The highest BCUT2D eigenvalue weighted by atomic mass is 35.5. The van der Waals surface area contributed by atoms with E-state index in [4.69, 9.17) is 27.9 Å². The van der Waals surface area contributed by atoms with Crippen molar-refractivity contribution >= 4 is 63.3 Å². The summed E-state index contributed by atoms with van der Waals surface area (Å²) in [6, 6.07) is 5.02. The Morgan fingerprint density at radius 1 is 1.22 bits per heavy atom. The Morgan fingerprint density at radius 2 is 1.85 bits per heavy atom. The van der Waals surface area contributed by atoms with Gasteiger partial charge in [0.15, 0.2) is 5.78 Å². The average Bonchev–Trinajstić information content (AvgIpc) is 2.91. The standard InChI is InChI=1S/C19H17Cl2NO4S/c1-4-26-19(25)16-10(2)17(11(3)23)27-18(16)22-15(24)9-8-12-13(20)6-5-7-14(12)21/h5-9H,4H2,1-3H3,(H,22,24)/b9-8+. The number of benzene rings is 1. The number of Topliss-reactive ketones (excluding diaryl/α,β-unsaturated/α-hetero) is 1. The van der Waals surface area contributed by atoms with Gasteiger partial charge in [0, 0.05) is 21.7 Å². The molecule has 2 aromatic rings. The number of ether oxygens (including phenoxy) is 1. The van der Waals surface area contributed by atoms with Gasteiger partial charge in [0.05, 0.1) is 17.0 Å². The fraction of sp³-hybridized carbons (Fsp3) is 0.211. The van der Waals surface area contributed by atoms with Crippen LogP contribution >= 0.6 is 34.5 Å². The fourth-order valence-electron chi connectivity index (χ4n) is 2.37. The van der Waals surface area contributed by atoms with Crippen LogP contribution in [0.4, 0.5) is 5.00 Å². The zero-order valence-corrected chi connectivity index (χ0v) is 17.2. The second kappa shape index (κ2) is 9.17. The van der Waals surface area contributed by atoms with Crippen molar-refractivity contribution in [2.75, 3.05) is 11.9 Å². The molecule has 0 aliphatic carbocycles. The molecular formula is C19H17Cl2NO4S. The van der Waals surface area contributed by atoms with Gasteiger partial charge in [0.25, 0.3) is 0 Å². The van der Waals surface area contributed by atoms with Crippen LogP contribution in [0.5, 0.6) is 0 Å². The van der Waals surface area contributed by atoms with Crippen LogP contribution in [0.1, 0.15) is 45.0 Å². The molecule has 0 unspecified atom stereocenters. The van der Waals surface area contributed by atoms with Crippen molar-refractivity contribution in [2.45, 2.75) is 20.8 Å². The van der Waals surface area contributed by atoms with Gasteiger partial charge < -0.3 is 10.1 Å². The molecule has 142 valence electrons. The van der Waals surface area contributed by atoms with Crippen LogP contribution in [0.2, 0.25) is 10.0 Å². The highest BCUT2D eigenvalue weighted by Crippen LogP contribution is 2.34. The largest absolute Gasteiger partial charge is 0.462 e. The first-order chi connectivity index (χ1) is 12.8. The van der Waals surface area contributed by atoms with E-state index in [1.54, 1.807) is 32.0 Å². The molecule has 0 atom stereocenters. The van der Waals surface area contributed by atoms with E-state index in [1.165, 1.54) is 19.1 Å². The third-order valence-electron chi connectivity index (χ3n) is 3.58. The number of halogens is 2. The van der Waals surface area contributed by atoms with Crippen molar-refractivity contribution in [3.05, 3.63) is 55.9 Å². The average molecular weight is 426 g/mol. The number of hydrogen-bond acceptors (Lipinski definition) is 5. The summed E-state index contributed by atoms with van der Waals surface area (Å²) >= 11 is 13.2. The van der Waals surface area contributed by atoms with E-state index in [1.807, 2.05) is 0 Å². The maximum atomic E-state index is 12.3. The lowest BCUT2D eigenvalue weighted by Gasteiger charge is -2.06. The summed E-state index contributed by atoms with van der Waals surface area (Å²) in [5, 5.41) is 3.70. The molecular weight excluding hydrogens is 409 g/mol. The normalized spacial score (nSPS) is 10.9. The Balaban J connectivity index is 2.31. The van der Waals surface area contributed by atoms with E-state index in [-0.39, 0.29) is 23.0 Å². The van der Waals surface area contributed by atoms with Gasteiger partial charge in [-0.3, -0.25) is 9.59 Å². The lowest BCUT2D eigenvalue weighted by atomic mass is 10.1. The molecule has 0 radical (unpaired) electrons. The Morgan fingerprint density at radius 3 is 2.41 bits per heavy atom. The van der Waals surface area contributed by atoms with Gasteiger partial charge in [-0.1, -0.05) is 29.3 Å². The van der Waals surface area contributed by atoms with Crippen molar-refractivity contribution < 1.29 is 19.1 Å². The Bertz CT molecular complexity index is 914. The van der Waals surface area contributed by atoms with Crippen LogP contribution in [-0.2, 0) is 9.53 Å². The van der Waals surface area contributed by atoms with Gasteiger partial charge in [0.1, 0.15) is 5.00 Å². The van der Waals surface area contributed by atoms with Gasteiger partial charge in [-0.15, -0.1) is 11.3 Å². The van der Waals surface area contributed by atoms with Crippen LogP contribution in [0, 0.1) is 6.92 Å². The summed E-state index contributed by atoms with van der Waals surface area (Å²) < 4.78 is 5.04. The first-order valence-corrected chi connectivity index (χ1v) is 9.58. The van der Waals surface area contributed by atoms with E-state index in [0.717, 1.165) is 11.3 Å². The van der Waals surface area contributed by atoms with E-state index in [9.17, 15) is 14.4 Å². The lowest BCUT2D eigenvalue weighted by Crippen LogP contribution is -2.12. The van der Waals surface area contributed by atoms with Crippen LogP contribution < -0.4 is 5.32 Å². The minimum atomic E-state index is -0.591. The van der Waals surface area contributed by atoms with Gasteiger partial charge in [0.2, 0.25) is 5.91 Å². The monoisotopic (exact) mass is 425 g/mol. The van der Waals surface area contributed by atoms with Crippen LogP contribution in [0.3, 0.4) is 0 Å². The molecule has 0 bridgehead atoms. The summed E-state index contributed by atoms with van der Waals surface area (Å²) in [5.74, 6) is -1.28. The summed E-state index contributed by atoms with van der Waals surface area (Å²) in [6.45, 7) is 4.91. The number of anilines is 1. The number of ketones is 1. The molecule has 1 N–H and O–H groups in total. The second-order valence-electron chi connectivity index (χ2n) is 5.49. The van der Waals surface area contributed by atoms with Crippen molar-refractivity contribution in [3.63, 3.8) is 0 Å². The number of rotatable bonds is 6. The summed E-state index contributed by atoms with van der Waals surface area (Å²) in [5.41, 5.74) is 1.18. The third-order valence-corrected chi connectivity index (χ3v) is 5.55. The maximum Gasteiger partial charge on any atom is 0.341 e. The highest BCUT2D eigenvalue weighted by Gasteiger charge is 2.24. The summed E-state index contributed by atoms with van der Waals surface area (Å²) in [7, 11) is 0. The fourth-order valence-corrected chi connectivity index (χ4v) is 3.99. The molecule has 0 aliphatic heterocycles. The number of hydrogen-bond donors (Lipinski definition) is 1. The number of carbonyl (C=O) groups excluding carboxylic acids is 3. The predicted molar refractivity (Wildman–Crippen MR) is 109 cm³/mol. The van der Waals surface area contributed by atoms with Crippen LogP contribution in [0.15, 0.2) is 24.3 Å². The Kier molecular flexibility index (Phi) is 7.18. The third kappa shape index (κ3) is 4.97. The minimum absolute atomic E-state index is 0.182. The van der Waals surface area contributed by atoms with Gasteiger partial charge >= 0.3 is 5.97 Å². The molecule has 27 heavy (non-hydrogen) atoms. The number of carbonyl (C=O) groups is 3. The first kappa shape index (κ1) is 21.2. The maximum absolute atomic E-state index is 12.3. The zero-order chi connectivity index (χ0) is 20.1. The molecule has 1 amide bonds. The zero-order valence-electron chi connectivity index (χ0n) is 14.9.